The summed E-state index contributed by atoms with van der Waals surface area (Å²) < 4.78 is 5.41. The highest BCUT2D eigenvalue weighted by molar-refractivity contribution is 7.09. The summed E-state index contributed by atoms with van der Waals surface area (Å²) in [6.45, 7) is 5.00. The van der Waals surface area contributed by atoms with E-state index in [4.69, 9.17) is 4.42 Å². The van der Waals surface area contributed by atoms with E-state index in [0.717, 1.165) is 51.3 Å². The Morgan fingerprint density at radius 1 is 1.22 bits per heavy atom. The Labute approximate surface area is 140 Å². The number of rotatable bonds is 5. The largest absolute Gasteiger partial charge is 0.468 e. The zero-order valence-corrected chi connectivity index (χ0v) is 14.1. The fourth-order valence-electron chi connectivity index (χ4n) is 2.81. The number of furan rings is 1. The van der Waals surface area contributed by atoms with Gasteiger partial charge < -0.3 is 14.6 Å². The summed E-state index contributed by atoms with van der Waals surface area (Å²) in [5.41, 5.74) is 0. The van der Waals surface area contributed by atoms with Crippen molar-refractivity contribution in [3.05, 3.63) is 46.5 Å². The van der Waals surface area contributed by atoms with Gasteiger partial charge in [-0.25, -0.2) is 4.79 Å². The molecule has 5 nitrogen and oxygen atoms in total. The van der Waals surface area contributed by atoms with E-state index in [1.807, 2.05) is 23.1 Å². The molecule has 0 aromatic carbocycles. The first-order chi connectivity index (χ1) is 11.3. The molecular weight excluding hydrogens is 310 g/mol. The monoisotopic (exact) mass is 333 g/mol. The van der Waals surface area contributed by atoms with Gasteiger partial charge in [-0.15, -0.1) is 11.3 Å². The van der Waals surface area contributed by atoms with E-state index in [1.54, 1.807) is 17.6 Å². The van der Waals surface area contributed by atoms with Gasteiger partial charge in [0.15, 0.2) is 0 Å². The van der Waals surface area contributed by atoms with Crippen LogP contribution in [0.1, 0.15) is 17.1 Å². The van der Waals surface area contributed by atoms with Crippen LogP contribution in [0.25, 0.3) is 0 Å². The van der Waals surface area contributed by atoms with Crippen LogP contribution in [-0.2, 0) is 13.0 Å². The van der Waals surface area contributed by atoms with Crippen molar-refractivity contribution in [3.8, 4) is 0 Å². The lowest BCUT2D eigenvalue weighted by Crippen LogP contribution is -2.42. The number of hydrogen-bond acceptors (Lipinski definition) is 4. The lowest BCUT2D eigenvalue weighted by Gasteiger charge is -2.21. The average Bonchev–Trinajstić information content (AvgIpc) is 3.19. The molecule has 3 rings (SSSR count). The number of thiophene rings is 1. The predicted molar refractivity (Wildman–Crippen MR) is 91.6 cm³/mol. The molecule has 0 spiro atoms. The molecule has 2 amide bonds. The van der Waals surface area contributed by atoms with Crippen molar-refractivity contribution in [2.75, 3.05) is 32.7 Å². The van der Waals surface area contributed by atoms with E-state index in [9.17, 15) is 4.79 Å². The van der Waals surface area contributed by atoms with Crippen LogP contribution < -0.4 is 5.32 Å². The standard InChI is InChI=1S/C17H23N3O2S/c21-17(18-7-6-16-5-2-13-23-16)20-9-3-8-19(10-11-20)14-15-4-1-12-22-15/h1-2,4-5,12-13H,3,6-11,14H2,(H,18,21). The molecule has 1 aliphatic rings. The van der Waals surface area contributed by atoms with E-state index < -0.39 is 0 Å². The van der Waals surface area contributed by atoms with Gasteiger partial charge >= 0.3 is 6.03 Å². The van der Waals surface area contributed by atoms with Crippen molar-refractivity contribution < 1.29 is 9.21 Å². The number of nitrogens with one attached hydrogen (secondary N) is 1. The summed E-state index contributed by atoms with van der Waals surface area (Å²) in [5.74, 6) is 0.985. The Kier molecular flexibility index (Phi) is 5.71. The van der Waals surface area contributed by atoms with Crippen molar-refractivity contribution in [2.24, 2.45) is 0 Å². The molecule has 23 heavy (non-hydrogen) atoms. The molecule has 2 aromatic rings. The summed E-state index contributed by atoms with van der Waals surface area (Å²) in [6.07, 6.45) is 3.61. The fraction of sp³-hybridized carbons (Fsp3) is 0.471. The highest BCUT2D eigenvalue weighted by Crippen LogP contribution is 2.10. The zero-order chi connectivity index (χ0) is 15.9. The van der Waals surface area contributed by atoms with Gasteiger partial charge in [0.25, 0.3) is 0 Å². The third-order valence-corrected chi connectivity index (χ3v) is 5.00. The Hall–Kier alpha value is -1.79. The first kappa shape index (κ1) is 16.1. The molecule has 6 heteroatoms. The number of hydrogen-bond donors (Lipinski definition) is 1. The van der Waals surface area contributed by atoms with E-state index in [1.165, 1.54) is 4.88 Å². The van der Waals surface area contributed by atoms with Crippen LogP contribution in [0, 0.1) is 0 Å². The molecule has 0 unspecified atom stereocenters. The molecule has 1 fully saturated rings. The van der Waals surface area contributed by atoms with Gasteiger partial charge in [-0.3, -0.25) is 4.90 Å². The van der Waals surface area contributed by atoms with Crippen LogP contribution in [0.5, 0.6) is 0 Å². The van der Waals surface area contributed by atoms with Crippen LogP contribution >= 0.6 is 11.3 Å². The molecule has 3 heterocycles. The van der Waals surface area contributed by atoms with E-state index >= 15 is 0 Å². The van der Waals surface area contributed by atoms with Crippen molar-refractivity contribution in [1.29, 1.82) is 0 Å². The highest BCUT2D eigenvalue weighted by atomic mass is 32.1. The highest BCUT2D eigenvalue weighted by Gasteiger charge is 2.19. The normalized spacial score (nSPS) is 16.3. The number of amides is 2. The molecule has 0 radical (unpaired) electrons. The Balaban J connectivity index is 1.41. The summed E-state index contributed by atoms with van der Waals surface area (Å²) in [5, 5.41) is 5.10. The second-order valence-electron chi connectivity index (χ2n) is 5.76. The third kappa shape index (κ3) is 4.84. The van der Waals surface area contributed by atoms with Gasteiger partial charge in [0, 0.05) is 37.6 Å². The molecule has 0 saturated carbocycles. The summed E-state index contributed by atoms with van der Waals surface area (Å²) in [6, 6.07) is 8.13. The first-order valence-corrected chi connectivity index (χ1v) is 8.99. The van der Waals surface area contributed by atoms with Crippen LogP contribution in [0.15, 0.2) is 40.3 Å². The van der Waals surface area contributed by atoms with Gasteiger partial charge in [0.1, 0.15) is 5.76 Å². The van der Waals surface area contributed by atoms with E-state index in [2.05, 4.69) is 21.7 Å². The molecule has 1 aliphatic heterocycles. The summed E-state index contributed by atoms with van der Waals surface area (Å²) in [4.78, 5) is 17.9. The van der Waals surface area contributed by atoms with Gasteiger partial charge in [-0.05, 0) is 36.4 Å². The maximum absolute atomic E-state index is 12.3. The van der Waals surface area contributed by atoms with Gasteiger partial charge in [0.2, 0.25) is 0 Å². The molecule has 0 aliphatic carbocycles. The number of carbonyl (C=O) groups is 1. The predicted octanol–water partition coefficient (Wildman–Crippen LogP) is 2.80. The smallest absolute Gasteiger partial charge is 0.317 e. The molecule has 1 saturated heterocycles. The maximum Gasteiger partial charge on any atom is 0.317 e. The lowest BCUT2D eigenvalue weighted by atomic mass is 10.3. The second-order valence-corrected chi connectivity index (χ2v) is 6.79. The lowest BCUT2D eigenvalue weighted by molar-refractivity contribution is 0.197. The maximum atomic E-state index is 12.3. The van der Waals surface area contributed by atoms with Crippen LogP contribution in [0.4, 0.5) is 4.79 Å². The number of carbonyl (C=O) groups excluding carboxylic acids is 1. The zero-order valence-electron chi connectivity index (χ0n) is 13.2. The Morgan fingerprint density at radius 3 is 2.96 bits per heavy atom. The van der Waals surface area contributed by atoms with Crippen LogP contribution in [-0.4, -0.2) is 48.6 Å². The minimum absolute atomic E-state index is 0.0569. The molecule has 1 N–H and O–H groups in total. The van der Waals surface area contributed by atoms with E-state index in [0.29, 0.717) is 6.54 Å². The van der Waals surface area contributed by atoms with Crippen molar-refractivity contribution in [2.45, 2.75) is 19.4 Å². The molecule has 0 bridgehead atoms. The summed E-state index contributed by atoms with van der Waals surface area (Å²) >= 11 is 1.73. The molecule has 2 aromatic heterocycles. The SMILES string of the molecule is O=C(NCCc1cccs1)N1CCCN(Cc2ccco2)CC1. The molecule has 124 valence electrons. The topological polar surface area (TPSA) is 48.7 Å². The quantitative estimate of drug-likeness (QED) is 0.915. The third-order valence-electron chi connectivity index (χ3n) is 4.06. The average molecular weight is 333 g/mol. The first-order valence-electron chi connectivity index (χ1n) is 8.11. The van der Waals surface area contributed by atoms with Crippen molar-refractivity contribution in [3.63, 3.8) is 0 Å². The minimum Gasteiger partial charge on any atom is -0.468 e. The van der Waals surface area contributed by atoms with Crippen molar-refractivity contribution >= 4 is 17.4 Å². The van der Waals surface area contributed by atoms with Crippen LogP contribution in [0.2, 0.25) is 0 Å². The van der Waals surface area contributed by atoms with Gasteiger partial charge in [0.05, 0.1) is 12.8 Å². The van der Waals surface area contributed by atoms with Gasteiger partial charge in [-0.1, -0.05) is 6.07 Å². The number of urea groups is 1. The Bertz CT molecular complexity index is 583. The van der Waals surface area contributed by atoms with Crippen molar-refractivity contribution in [1.82, 2.24) is 15.1 Å². The van der Waals surface area contributed by atoms with Gasteiger partial charge in [-0.2, -0.15) is 0 Å². The summed E-state index contributed by atoms with van der Waals surface area (Å²) in [7, 11) is 0. The van der Waals surface area contributed by atoms with Crippen LogP contribution in [0.3, 0.4) is 0 Å². The number of nitrogens with zero attached hydrogens (tertiary/aromatic N) is 2. The minimum atomic E-state index is 0.0569. The Morgan fingerprint density at radius 2 is 2.17 bits per heavy atom. The molecule has 0 atom stereocenters. The molecular formula is C17H23N3O2S. The fourth-order valence-corrected chi connectivity index (χ4v) is 3.52. The van der Waals surface area contributed by atoms with E-state index in [-0.39, 0.29) is 6.03 Å². The second kappa shape index (κ2) is 8.17.